The van der Waals surface area contributed by atoms with Gasteiger partial charge in [0.25, 0.3) is 0 Å². The predicted octanol–water partition coefficient (Wildman–Crippen LogP) is 1.06. The van der Waals surface area contributed by atoms with E-state index >= 15 is 0 Å². The van der Waals surface area contributed by atoms with E-state index in [2.05, 4.69) is 17.6 Å². The van der Waals surface area contributed by atoms with Crippen molar-refractivity contribution in [3.8, 4) is 0 Å². The largest absolute Gasteiger partial charge is 0.384 e. The number of carbonyl (C=O) groups excluding carboxylic acids is 1. The van der Waals surface area contributed by atoms with E-state index in [0.29, 0.717) is 37.1 Å². The Kier molecular flexibility index (Phi) is 4.40. The lowest BCUT2D eigenvalue weighted by Gasteiger charge is -2.30. The minimum atomic E-state index is 0.181. The maximum Gasteiger partial charge on any atom is 0.220 e. The SMILES string of the molecule is COCC(C)CC(=O)NC1CC2CCC(C1)N2. The van der Waals surface area contributed by atoms with Crippen LogP contribution < -0.4 is 10.6 Å². The minimum absolute atomic E-state index is 0.181. The fourth-order valence-corrected chi connectivity index (χ4v) is 3.12. The Hall–Kier alpha value is -0.610. The summed E-state index contributed by atoms with van der Waals surface area (Å²) in [5.41, 5.74) is 0. The van der Waals surface area contributed by atoms with Gasteiger partial charge in [-0.25, -0.2) is 0 Å². The zero-order valence-corrected chi connectivity index (χ0v) is 10.9. The van der Waals surface area contributed by atoms with Crippen molar-refractivity contribution in [2.45, 2.75) is 57.2 Å². The molecule has 0 aromatic rings. The molecule has 2 heterocycles. The van der Waals surface area contributed by atoms with E-state index in [-0.39, 0.29) is 5.91 Å². The van der Waals surface area contributed by atoms with Crippen molar-refractivity contribution < 1.29 is 9.53 Å². The van der Waals surface area contributed by atoms with E-state index in [0.717, 1.165) is 12.8 Å². The molecule has 2 rings (SSSR count). The highest BCUT2D eigenvalue weighted by Gasteiger charge is 2.33. The average molecular weight is 240 g/mol. The van der Waals surface area contributed by atoms with Gasteiger partial charge in [-0.2, -0.15) is 0 Å². The van der Waals surface area contributed by atoms with Crippen molar-refractivity contribution >= 4 is 5.91 Å². The van der Waals surface area contributed by atoms with E-state index in [1.807, 2.05) is 0 Å². The van der Waals surface area contributed by atoms with Crippen LogP contribution in [-0.2, 0) is 9.53 Å². The first-order valence-corrected chi connectivity index (χ1v) is 6.71. The molecule has 0 aromatic carbocycles. The highest BCUT2D eigenvalue weighted by molar-refractivity contribution is 5.76. The van der Waals surface area contributed by atoms with Gasteiger partial charge < -0.3 is 15.4 Å². The number of amides is 1. The Morgan fingerprint density at radius 1 is 1.41 bits per heavy atom. The molecule has 0 radical (unpaired) electrons. The average Bonchev–Trinajstić information content (AvgIpc) is 2.58. The van der Waals surface area contributed by atoms with Crippen LogP contribution in [0.4, 0.5) is 0 Å². The number of carbonyl (C=O) groups is 1. The van der Waals surface area contributed by atoms with Gasteiger partial charge in [0.1, 0.15) is 0 Å². The first-order valence-electron chi connectivity index (χ1n) is 6.71. The maximum absolute atomic E-state index is 11.8. The Morgan fingerprint density at radius 2 is 2.06 bits per heavy atom. The van der Waals surface area contributed by atoms with E-state index in [9.17, 15) is 4.79 Å². The fraction of sp³-hybridized carbons (Fsp3) is 0.923. The van der Waals surface area contributed by atoms with Crippen molar-refractivity contribution in [2.24, 2.45) is 5.92 Å². The maximum atomic E-state index is 11.8. The van der Waals surface area contributed by atoms with Gasteiger partial charge in [0.15, 0.2) is 0 Å². The molecule has 2 N–H and O–H groups in total. The standard InChI is InChI=1S/C13H24N2O2/c1-9(8-17-2)5-13(16)15-12-6-10-3-4-11(7-12)14-10/h9-12,14H,3-8H2,1-2H3,(H,15,16). The first-order chi connectivity index (χ1) is 8.17. The Morgan fingerprint density at radius 3 is 2.65 bits per heavy atom. The number of piperidine rings is 1. The van der Waals surface area contributed by atoms with Crippen LogP contribution in [0.2, 0.25) is 0 Å². The Labute approximate surface area is 103 Å². The Balaban J connectivity index is 1.71. The number of fused-ring (bicyclic) bond motifs is 2. The van der Waals surface area contributed by atoms with Crippen molar-refractivity contribution in [2.75, 3.05) is 13.7 Å². The van der Waals surface area contributed by atoms with Crippen molar-refractivity contribution in [1.82, 2.24) is 10.6 Å². The van der Waals surface area contributed by atoms with Crippen LogP contribution in [0.1, 0.15) is 39.0 Å². The van der Waals surface area contributed by atoms with Crippen LogP contribution in [0.15, 0.2) is 0 Å². The van der Waals surface area contributed by atoms with Gasteiger partial charge in [-0.3, -0.25) is 4.79 Å². The summed E-state index contributed by atoms with van der Waals surface area (Å²) >= 11 is 0. The van der Waals surface area contributed by atoms with Gasteiger partial charge in [-0.15, -0.1) is 0 Å². The number of nitrogens with one attached hydrogen (secondary N) is 2. The second-order valence-corrected chi connectivity index (χ2v) is 5.64. The summed E-state index contributed by atoms with van der Waals surface area (Å²) in [4.78, 5) is 11.8. The third kappa shape index (κ3) is 3.68. The topological polar surface area (TPSA) is 50.4 Å². The molecule has 0 saturated carbocycles. The normalized spacial score (nSPS) is 33.4. The second kappa shape index (κ2) is 5.83. The molecule has 2 fully saturated rings. The predicted molar refractivity (Wildman–Crippen MR) is 66.8 cm³/mol. The summed E-state index contributed by atoms with van der Waals surface area (Å²) in [5.74, 6) is 0.485. The van der Waals surface area contributed by atoms with Crippen molar-refractivity contribution in [1.29, 1.82) is 0 Å². The van der Waals surface area contributed by atoms with Gasteiger partial charge >= 0.3 is 0 Å². The minimum Gasteiger partial charge on any atom is -0.384 e. The molecule has 4 heteroatoms. The monoisotopic (exact) mass is 240 g/mol. The van der Waals surface area contributed by atoms with Crippen LogP contribution in [0.5, 0.6) is 0 Å². The van der Waals surface area contributed by atoms with Crippen molar-refractivity contribution in [3.05, 3.63) is 0 Å². The van der Waals surface area contributed by atoms with Gasteiger partial charge in [0, 0.05) is 38.3 Å². The summed E-state index contributed by atoms with van der Waals surface area (Å²) < 4.78 is 5.05. The van der Waals surface area contributed by atoms with E-state index in [4.69, 9.17) is 4.74 Å². The molecular weight excluding hydrogens is 216 g/mol. The lowest BCUT2D eigenvalue weighted by atomic mass is 9.99. The number of ether oxygens (including phenoxy) is 1. The summed E-state index contributed by atoms with van der Waals surface area (Å²) in [6.45, 7) is 2.71. The van der Waals surface area contributed by atoms with Crippen LogP contribution in [0, 0.1) is 5.92 Å². The zero-order chi connectivity index (χ0) is 12.3. The lowest BCUT2D eigenvalue weighted by Crippen LogP contribution is -2.48. The zero-order valence-electron chi connectivity index (χ0n) is 10.9. The molecule has 2 bridgehead atoms. The van der Waals surface area contributed by atoms with Crippen LogP contribution >= 0.6 is 0 Å². The smallest absolute Gasteiger partial charge is 0.220 e. The Bertz CT molecular complexity index is 258. The molecule has 0 spiro atoms. The molecule has 98 valence electrons. The fourth-order valence-electron chi connectivity index (χ4n) is 3.12. The molecule has 3 unspecified atom stereocenters. The molecule has 0 aromatic heterocycles. The quantitative estimate of drug-likeness (QED) is 0.755. The summed E-state index contributed by atoms with van der Waals surface area (Å²) in [5, 5.41) is 6.76. The van der Waals surface area contributed by atoms with E-state index in [1.165, 1.54) is 12.8 Å². The summed E-state index contributed by atoms with van der Waals surface area (Å²) in [7, 11) is 1.68. The molecule has 0 aliphatic carbocycles. The second-order valence-electron chi connectivity index (χ2n) is 5.64. The number of hydrogen-bond acceptors (Lipinski definition) is 3. The van der Waals surface area contributed by atoms with Gasteiger partial charge in [0.2, 0.25) is 5.91 Å². The lowest BCUT2D eigenvalue weighted by molar-refractivity contribution is -0.123. The molecule has 2 aliphatic heterocycles. The third-order valence-corrected chi connectivity index (χ3v) is 3.82. The molecule has 1 amide bonds. The molecular formula is C13H24N2O2. The molecule has 2 saturated heterocycles. The number of methoxy groups -OCH3 is 1. The van der Waals surface area contributed by atoms with Crippen LogP contribution in [-0.4, -0.2) is 37.7 Å². The van der Waals surface area contributed by atoms with E-state index in [1.54, 1.807) is 7.11 Å². The molecule has 2 aliphatic rings. The molecule has 4 nitrogen and oxygen atoms in total. The molecule has 17 heavy (non-hydrogen) atoms. The van der Waals surface area contributed by atoms with Gasteiger partial charge in [0.05, 0.1) is 0 Å². The van der Waals surface area contributed by atoms with E-state index < -0.39 is 0 Å². The molecule has 3 atom stereocenters. The third-order valence-electron chi connectivity index (χ3n) is 3.82. The van der Waals surface area contributed by atoms with Gasteiger partial charge in [-0.1, -0.05) is 6.92 Å². The van der Waals surface area contributed by atoms with Crippen LogP contribution in [0.25, 0.3) is 0 Å². The van der Waals surface area contributed by atoms with Crippen LogP contribution in [0.3, 0.4) is 0 Å². The van der Waals surface area contributed by atoms with Gasteiger partial charge in [-0.05, 0) is 31.6 Å². The number of rotatable bonds is 5. The highest BCUT2D eigenvalue weighted by atomic mass is 16.5. The summed E-state index contributed by atoms with van der Waals surface area (Å²) in [6.07, 6.45) is 5.32. The number of hydrogen-bond donors (Lipinski definition) is 2. The highest BCUT2D eigenvalue weighted by Crippen LogP contribution is 2.26. The summed E-state index contributed by atoms with van der Waals surface area (Å²) in [6, 6.07) is 1.65. The first kappa shape index (κ1) is 12.8. The van der Waals surface area contributed by atoms with Crippen molar-refractivity contribution in [3.63, 3.8) is 0 Å².